The Labute approximate surface area is 254 Å². The molecule has 228 valence electrons. The van der Waals surface area contributed by atoms with Gasteiger partial charge in [0.1, 0.15) is 5.75 Å². The van der Waals surface area contributed by atoms with Crippen LogP contribution < -0.4 is 20.7 Å². The molecule has 2 amide bonds. The molecule has 0 bridgehead atoms. The van der Waals surface area contributed by atoms with Crippen molar-refractivity contribution in [3.63, 3.8) is 0 Å². The van der Waals surface area contributed by atoms with E-state index >= 15 is 0 Å². The monoisotopic (exact) mass is 585 g/mol. The molecule has 9 nitrogen and oxygen atoms in total. The predicted molar refractivity (Wildman–Crippen MR) is 170 cm³/mol. The van der Waals surface area contributed by atoms with Gasteiger partial charge >= 0.3 is 6.09 Å². The lowest BCUT2D eigenvalue weighted by Crippen LogP contribution is -2.44. The molecule has 1 aliphatic carbocycles. The number of piperazine rings is 1. The van der Waals surface area contributed by atoms with E-state index in [-0.39, 0.29) is 30.7 Å². The van der Waals surface area contributed by atoms with Crippen molar-refractivity contribution >= 4 is 23.4 Å². The van der Waals surface area contributed by atoms with Crippen LogP contribution >= 0.6 is 0 Å². The van der Waals surface area contributed by atoms with E-state index in [9.17, 15) is 9.59 Å². The van der Waals surface area contributed by atoms with Crippen LogP contribution in [0.25, 0.3) is 11.1 Å². The fourth-order valence-corrected chi connectivity index (χ4v) is 5.91. The van der Waals surface area contributed by atoms with Crippen LogP contribution in [0.4, 0.5) is 16.2 Å². The van der Waals surface area contributed by atoms with Gasteiger partial charge in [-0.1, -0.05) is 42.5 Å². The molecule has 0 spiro atoms. The van der Waals surface area contributed by atoms with Gasteiger partial charge < -0.3 is 35.2 Å². The topological polar surface area (TPSA) is 100 Å². The molecule has 9 heteroatoms. The van der Waals surface area contributed by atoms with Crippen LogP contribution in [-0.2, 0) is 16.1 Å². The summed E-state index contributed by atoms with van der Waals surface area (Å²) in [5.74, 6) is 0.436. The normalized spacial score (nSPS) is 19.0. The number of amides is 2. The summed E-state index contributed by atoms with van der Waals surface area (Å²) in [5, 5.41) is 3.12. The second kappa shape index (κ2) is 14.4. The maximum atomic E-state index is 13.0. The second-order valence-electron chi connectivity index (χ2n) is 11.5. The number of likely N-dealkylation sites (N-methyl/N-ethyl adjacent to an activating group) is 1. The third-order valence-electron chi connectivity index (χ3n) is 8.43. The van der Waals surface area contributed by atoms with Gasteiger partial charge in [-0.05, 0) is 79.8 Å². The highest BCUT2D eigenvalue weighted by Gasteiger charge is 2.28. The summed E-state index contributed by atoms with van der Waals surface area (Å²) in [4.78, 5) is 32.3. The number of carbonyl (C=O) groups is 2. The Hall–Kier alpha value is -4.08. The molecular weight excluding hydrogens is 542 g/mol. The Bertz CT molecular complexity index is 1370. The number of ether oxygens (including phenoxy) is 2. The average molecular weight is 586 g/mol. The number of hydrogen-bond acceptors (Lipinski definition) is 7. The maximum Gasteiger partial charge on any atom is 0.410 e. The van der Waals surface area contributed by atoms with Crippen LogP contribution in [0.1, 0.15) is 31.2 Å². The van der Waals surface area contributed by atoms with Crippen molar-refractivity contribution in [1.29, 1.82) is 0 Å². The van der Waals surface area contributed by atoms with Crippen LogP contribution in [0, 0.1) is 0 Å². The Morgan fingerprint density at radius 3 is 2.35 bits per heavy atom. The minimum absolute atomic E-state index is 0.0820. The number of carbonyl (C=O) groups excluding carboxylic acids is 2. The molecule has 0 aromatic heterocycles. The average Bonchev–Trinajstić information content (AvgIpc) is 3.04. The molecule has 5 rings (SSSR count). The lowest BCUT2D eigenvalue weighted by Gasteiger charge is -2.35. The summed E-state index contributed by atoms with van der Waals surface area (Å²) in [5.41, 5.74) is 10.9. The standard InChI is InChI=1S/C34H43N5O4/c1-37-17-19-38(20-18-37)32-16-11-27(22-31(32)36-33(40)24-43-30-9-4-3-5-10-30)26-8-6-7-25(21-26)23-39(34(41)42-2)29-14-12-28(35)13-15-29/h3-11,16,21-22,28-29H,12-15,17-20,23-24,35H2,1-2H3,(H,36,40). The first-order chi connectivity index (χ1) is 20.9. The first-order valence-corrected chi connectivity index (χ1v) is 15.1. The largest absolute Gasteiger partial charge is 0.484 e. The first kappa shape index (κ1) is 30.4. The zero-order valence-corrected chi connectivity index (χ0v) is 25.2. The molecule has 1 saturated carbocycles. The summed E-state index contributed by atoms with van der Waals surface area (Å²) in [6.45, 7) is 4.05. The van der Waals surface area contributed by atoms with Crippen LogP contribution in [0.15, 0.2) is 72.8 Å². The number of nitrogens with one attached hydrogen (secondary N) is 1. The van der Waals surface area contributed by atoms with Crippen molar-refractivity contribution in [2.24, 2.45) is 5.73 Å². The fraction of sp³-hybridized carbons (Fsp3) is 0.412. The van der Waals surface area contributed by atoms with Gasteiger partial charge in [-0.15, -0.1) is 0 Å². The minimum atomic E-state index is -0.315. The highest BCUT2D eigenvalue weighted by molar-refractivity contribution is 5.96. The summed E-state index contributed by atoms with van der Waals surface area (Å²) >= 11 is 0. The molecule has 2 aliphatic rings. The number of anilines is 2. The van der Waals surface area contributed by atoms with Crippen molar-refractivity contribution in [3.8, 4) is 16.9 Å². The Morgan fingerprint density at radius 2 is 1.63 bits per heavy atom. The van der Waals surface area contributed by atoms with E-state index < -0.39 is 0 Å². The van der Waals surface area contributed by atoms with Crippen molar-refractivity contribution in [3.05, 3.63) is 78.4 Å². The molecule has 43 heavy (non-hydrogen) atoms. The Balaban J connectivity index is 1.37. The van der Waals surface area contributed by atoms with E-state index in [1.165, 1.54) is 7.11 Å². The molecule has 0 atom stereocenters. The molecule has 3 N–H and O–H groups in total. The number of para-hydroxylation sites is 1. The molecular formula is C34H43N5O4. The second-order valence-corrected chi connectivity index (χ2v) is 11.5. The van der Waals surface area contributed by atoms with E-state index in [0.29, 0.717) is 12.3 Å². The Morgan fingerprint density at radius 1 is 0.907 bits per heavy atom. The number of nitrogens with two attached hydrogens (primary N) is 1. The molecule has 1 saturated heterocycles. The molecule has 3 aromatic carbocycles. The molecule has 0 unspecified atom stereocenters. The van der Waals surface area contributed by atoms with E-state index in [1.54, 1.807) is 0 Å². The molecule has 0 radical (unpaired) electrons. The van der Waals surface area contributed by atoms with Gasteiger partial charge in [0.2, 0.25) is 0 Å². The molecule has 1 aliphatic heterocycles. The lowest BCUT2D eigenvalue weighted by atomic mass is 9.90. The van der Waals surface area contributed by atoms with Gasteiger partial charge in [0.05, 0.1) is 18.5 Å². The lowest BCUT2D eigenvalue weighted by molar-refractivity contribution is -0.118. The van der Waals surface area contributed by atoms with Gasteiger partial charge in [0.25, 0.3) is 5.91 Å². The number of nitrogens with zero attached hydrogens (tertiary/aromatic N) is 3. The maximum absolute atomic E-state index is 13.0. The van der Waals surface area contributed by atoms with E-state index in [2.05, 4.69) is 46.4 Å². The van der Waals surface area contributed by atoms with Gasteiger partial charge in [-0.3, -0.25) is 4.79 Å². The van der Waals surface area contributed by atoms with Crippen molar-refractivity contribution in [2.45, 2.75) is 44.3 Å². The highest BCUT2D eigenvalue weighted by atomic mass is 16.5. The smallest absolute Gasteiger partial charge is 0.410 e. The first-order valence-electron chi connectivity index (χ1n) is 15.1. The van der Waals surface area contributed by atoms with Gasteiger partial charge in [0, 0.05) is 44.8 Å². The summed E-state index contributed by atoms with van der Waals surface area (Å²) in [6.07, 6.45) is 3.25. The van der Waals surface area contributed by atoms with Crippen LogP contribution in [-0.4, -0.2) is 80.8 Å². The van der Waals surface area contributed by atoms with Crippen LogP contribution in [0.5, 0.6) is 5.75 Å². The number of benzene rings is 3. The Kier molecular flexibility index (Phi) is 10.2. The fourth-order valence-electron chi connectivity index (χ4n) is 5.91. The molecule has 2 fully saturated rings. The highest BCUT2D eigenvalue weighted by Crippen LogP contribution is 2.33. The van der Waals surface area contributed by atoms with Crippen molar-refractivity contribution in [2.75, 3.05) is 57.2 Å². The van der Waals surface area contributed by atoms with Gasteiger partial charge in [0.15, 0.2) is 6.61 Å². The summed E-state index contributed by atoms with van der Waals surface area (Å²) < 4.78 is 10.9. The van der Waals surface area contributed by atoms with Gasteiger partial charge in [-0.2, -0.15) is 0 Å². The molecule has 1 heterocycles. The summed E-state index contributed by atoms with van der Waals surface area (Å²) in [7, 11) is 3.56. The molecule has 3 aromatic rings. The zero-order chi connectivity index (χ0) is 30.2. The zero-order valence-electron chi connectivity index (χ0n) is 25.2. The minimum Gasteiger partial charge on any atom is -0.484 e. The van der Waals surface area contributed by atoms with Crippen molar-refractivity contribution in [1.82, 2.24) is 9.80 Å². The number of methoxy groups -OCH3 is 1. The van der Waals surface area contributed by atoms with E-state index in [1.807, 2.05) is 53.4 Å². The third kappa shape index (κ3) is 8.06. The van der Waals surface area contributed by atoms with Gasteiger partial charge in [-0.25, -0.2) is 4.79 Å². The SMILES string of the molecule is COC(=O)N(Cc1cccc(-c2ccc(N3CCN(C)CC3)c(NC(=O)COc3ccccc3)c2)c1)C1CCC(N)CC1. The third-order valence-corrected chi connectivity index (χ3v) is 8.43. The summed E-state index contributed by atoms with van der Waals surface area (Å²) in [6, 6.07) is 24.1. The van der Waals surface area contributed by atoms with E-state index in [4.69, 9.17) is 15.2 Å². The van der Waals surface area contributed by atoms with Crippen molar-refractivity contribution < 1.29 is 19.1 Å². The predicted octanol–water partition coefficient (Wildman–Crippen LogP) is 4.96. The quantitative estimate of drug-likeness (QED) is 0.366. The van der Waals surface area contributed by atoms with E-state index in [0.717, 1.165) is 79.9 Å². The number of rotatable bonds is 9. The van der Waals surface area contributed by atoms with Crippen LogP contribution in [0.3, 0.4) is 0 Å². The van der Waals surface area contributed by atoms with Crippen LogP contribution in [0.2, 0.25) is 0 Å². The number of hydrogen-bond donors (Lipinski definition) is 2.